The van der Waals surface area contributed by atoms with Crippen LogP contribution < -0.4 is 5.73 Å². The van der Waals surface area contributed by atoms with Crippen LogP contribution in [-0.2, 0) is 0 Å². The fourth-order valence-electron chi connectivity index (χ4n) is 2.03. The van der Waals surface area contributed by atoms with Crippen molar-refractivity contribution in [2.24, 2.45) is 11.7 Å². The molecular formula is C16H31N. The van der Waals surface area contributed by atoms with E-state index in [1.54, 1.807) is 0 Å². The minimum Gasteiger partial charge on any atom is -0.315 e. The number of rotatable bonds is 10. The van der Waals surface area contributed by atoms with Gasteiger partial charge in [-0.1, -0.05) is 71.1 Å². The second-order valence-electron chi connectivity index (χ2n) is 5.59. The third-order valence-corrected chi connectivity index (χ3v) is 3.83. The van der Waals surface area contributed by atoms with Crippen molar-refractivity contribution in [3.63, 3.8) is 0 Å². The van der Waals surface area contributed by atoms with E-state index >= 15 is 0 Å². The molecule has 0 saturated carbocycles. The van der Waals surface area contributed by atoms with Crippen LogP contribution >= 0.6 is 0 Å². The van der Waals surface area contributed by atoms with Crippen LogP contribution in [0.3, 0.4) is 0 Å². The molecule has 1 nitrogen and oxygen atoms in total. The van der Waals surface area contributed by atoms with E-state index in [0.29, 0.717) is 5.92 Å². The summed E-state index contributed by atoms with van der Waals surface area (Å²) in [6.07, 6.45) is 17.5. The average molecular weight is 237 g/mol. The predicted molar refractivity (Wildman–Crippen MR) is 77.8 cm³/mol. The number of unbranched alkanes of at least 4 members (excludes halogenated alkanes) is 7. The maximum atomic E-state index is 6.02. The molecule has 2 atom stereocenters. The molecule has 0 heterocycles. The first-order valence-corrected chi connectivity index (χ1v) is 7.31. The van der Waals surface area contributed by atoms with E-state index in [2.05, 4.69) is 19.8 Å². The van der Waals surface area contributed by atoms with Crippen molar-refractivity contribution in [2.45, 2.75) is 84.1 Å². The summed E-state index contributed by atoms with van der Waals surface area (Å²) in [7, 11) is 0. The summed E-state index contributed by atoms with van der Waals surface area (Å²) < 4.78 is 0. The predicted octanol–water partition coefficient (Wildman–Crippen LogP) is 4.50. The van der Waals surface area contributed by atoms with Gasteiger partial charge >= 0.3 is 0 Å². The van der Waals surface area contributed by atoms with Crippen LogP contribution in [0.15, 0.2) is 0 Å². The molecule has 0 saturated heterocycles. The topological polar surface area (TPSA) is 26.0 Å². The van der Waals surface area contributed by atoms with E-state index in [1.165, 1.54) is 51.4 Å². The zero-order valence-corrected chi connectivity index (χ0v) is 12.1. The van der Waals surface area contributed by atoms with Gasteiger partial charge in [-0.05, 0) is 19.3 Å². The van der Waals surface area contributed by atoms with Crippen molar-refractivity contribution >= 4 is 0 Å². The molecule has 0 rings (SSSR count). The number of terminal acetylenes is 1. The van der Waals surface area contributed by atoms with Gasteiger partial charge < -0.3 is 5.73 Å². The molecule has 100 valence electrons. The summed E-state index contributed by atoms with van der Waals surface area (Å²) in [6.45, 7) is 6.39. The van der Waals surface area contributed by atoms with E-state index in [-0.39, 0.29) is 0 Å². The quantitative estimate of drug-likeness (QED) is 0.439. The molecular weight excluding hydrogens is 206 g/mol. The zero-order valence-electron chi connectivity index (χ0n) is 12.1. The zero-order chi connectivity index (χ0) is 13.1. The number of hydrogen-bond acceptors (Lipinski definition) is 1. The van der Waals surface area contributed by atoms with E-state index in [9.17, 15) is 0 Å². The van der Waals surface area contributed by atoms with Crippen LogP contribution in [0.25, 0.3) is 0 Å². The van der Waals surface area contributed by atoms with Gasteiger partial charge in [0, 0.05) is 0 Å². The van der Waals surface area contributed by atoms with Gasteiger partial charge in [0.15, 0.2) is 0 Å². The van der Waals surface area contributed by atoms with Crippen molar-refractivity contribution in [3.05, 3.63) is 0 Å². The van der Waals surface area contributed by atoms with Gasteiger partial charge in [-0.15, -0.1) is 6.42 Å². The fraction of sp³-hybridized carbons (Fsp3) is 0.875. The highest BCUT2D eigenvalue weighted by molar-refractivity contribution is 5.10. The minimum atomic E-state index is -0.429. The largest absolute Gasteiger partial charge is 0.315 e. The van der Waals surface area contributed by atoms with Gasteiger partial charge in [-0.3, -0.25) is 0 Å². The summed E-state index contributed by atoms with van der Waals surface area (Å²) in [5, 5.41) is 0. The SMILES string of the molecule is C#CC(C)(N)C(C)CCCCCCCCCC. The lowest BCUT2D eigenvalue weighted by Gasteiger charge is -2.25. The highest BCUT2D eigenvalue weighted by Crippen LogP contribution is 2.20. The molecule has 0 spiro atoms. The van der Waals surface area contributed by atoms with E-state index in [1.807, 2.05) is 6.92 Å². The highest BCUT2D eigenvalue weighted by Gasteiger charge is 2.22. The molecule has 1 heteroatoms. The molecule has 0 amide bonds. The van der Waals surface area contributed by atoms with Crippen LogP contribution in [0.5, 0.6) is 0 Å². The second-order valence-corrected chi connectivity index (χ2v) is 5.59. The first-order valence-electron chi connectivity index (χ1n) is 7.31. The van der Waals surface area contributed by atoms with Gasteiger partial charge in [-0.2, -0.15) is 0 Å². The van der Waals surface area contributed by atoms with Gasteiger partial charge in [0.2, 0.25) is 0 Å². The van der Waals surface area contributed by atoms with Crippen LogP contribution in [0, 0.1) is 18.3 Å². The van der Waals surface area contributed by atoms with Crippen molar-refractivity contribution in [1.82, 2.24) is 0 Å². The van der Waals surface area contributed by atoms with E-state index in [0.717, 1.165) is 6.42 Å². The molecule has 2 N–H and O–H groups in total. The van der Waals surface area contributed by atoms with Crippen LogP contribution in [0.4, 0.5) is 0 Å². The Morgan fingerprint density at radius 2 is 1.53 bits per heavy atom. The first kappa shape index (κ1) is 16.5. The summed E-state index contributed by atoms with van der Waals surface area (Å²) >= 11 is 0. The lowest BCUT2D eigenvalue weighted by atomic mass is 9.85. The maximum absolute atomic E-state index is 6.02. The molecule has 0 fully saturated rings. The van der Waals surface area contributed by atoms with Gasteiger partial charge in [0.25, 0.3) is 0 Å². The third kappa shape index (κ3) is 8.27. The van der Waals surface area contributed by atoms with Crippen LogP contribution in [0.2, 0.25) is 0 Å². The molecule has 0 aromatic rings. The summed E-state index contributed by atoms with van der Waals surface area (Å²) in [5.74, 6) is 3.12. The standard InChI is InChI=1S/C16H31N/c1-5-7-8-9-10-11-12-13-14-15(3)16(4,17)6-2/h2,15H,5,7-14,17H2,1,3-4H3. The van der Waals surface area contributed by atoms with Crippen molar-refractivity contribution in [3.8, 4) is 12.3 Å². The molecule has 0 aromatic heterocycles. The Morgan fingerprint density at radius 1 is 1.06 bits per heavy atom. The Bertz CT molecular complexity index is 212. The van der Waals surface area contributed by atoms with Crippen molar-refractivity contribution in [2.75, 3.05) is 0 Å². The lowest BCUT2D eigenvalue weighted by Crippen LogP contribution is -2.41. The summed E-state index contributed by atoms with van der Waals surface area (Å²) in [5.41, 5.74) is 5.59. The second kappa shape index (κ2) is 9.54. The fourth-order valence-corrected chi connectivity index (χ4v) is 2.03. The Kier molecular flexibility index (Phi) is 9.27. The van der Waals surface area contributed by atoms with Crippen LogP contribution in [0.1, 0.15) is 78.6 Å². The highest BCUT2D eigenvalue weighted by atomic mass is 14.7. The number of hydrogen-bond donors (Lipinski definition) is 1. The maximum Gasteiger partial charge on any atom is 0.0770 e. The Hall–Kier alpha value is -0.480. The number of nitrogens with two attached hydrogens (primary N) is 1. The monoisotopic (exact) mass is 237 g/mol. The molecule has 0 aromatic carbocycles. The van der Waals surface area contributed by atoms with Crippen molar-refractivity contribution in [1.29, 1.82) is 0 Å². The molecule has 0 aliphatic rings. The summed E-state index contributed by atoms with van der Waals surface area (Å²) in [4.78, 5) is 0. The molecule has 17 heavy (non-hydrogen) atoms. The third-order valence-electron chi connectivity index (χ3n) is 3.83. The van der Waals surface area contributed by atoms with Crippen LogP contribution in [-0.4, -0.2) is 5.54 Å². The molecule has 0 aliphatic heterocycles. The average Bonchev–Trinajstić information content (AvgIpc) is 2.32. The summed E-state index contributed by atoms with van der Waals surface area (Å²) in [6, 6.07) is 0. The Labute approximate surface area is 109 Å². The Morgan fingerprint density at radius 3 is 2.00 bits per heavy atom. The van der Waals surface area contributed by atoms with Gasteiger partial charge in [0.1, 0.15) is 0 Å². The van der Waals surface area contributed by atoms with Gasteiger partial charge in [0.05, 0.1) is 5.54 Å². The van der Waals surface area contributed by atoms with Crippen molar-refractivity contribution < 1.29 is 0 Å². The smallest absolute Gasteiger partial charge is 0.0770 e. The van der Waals surface area contributed by atoms with E-state index in [4.69, 9.17) is 12.2 Å². The lowest BCUT2D eigenvalue weighted by molar-refractivity contribution is 0.361. The molecule has 0 bridgehead atoms. The minimum absolute atomic E-state index is 0.424. The molecule has 0 radical (unpaired) electrons. The molecule has 2 unspecified atom stereocenters. The first-order chi connectivity index (χ1) is 8.04. The van der Waals surface area contributed by atoms with E-state index < -0.39 is 5.54 Å². The Balaban J connectivity index is 3.37. The normalized spacial score (nSPS) is 16.2. The van der Waals surface area contributed by atoms with Gasteiger partial charge in [-0.25, -0.2) is 0 Å². The molecule has 0 aliphatic carbocycles.